The van der Waals surface area contributed by atoms with Crippen molar-refractivity contribution in [3.8, 4) is 0 Å². The Kier molecular flexibility index (Phi) is 10.6. The van der Waals surface area contributed by atoms with Crippen molar-refractivity contribution in [2.75, 3.05) is 26.7 Å². The minimum atomic E-state index is -0.00930. The highest BCUT2D eigenvalue weighted by atomic mass is 127. The Bertz CT molecular complexity index is 556. The third kappa shape index (κ3) is 7.51. The quantitative estimate of drug-likeness (QED) is 0.310. The number of rotatable bonds is 8. The Morgan fingerprint density at radius 3 is 2.42 bits per heavy atom. The van der Waals surface area contributed by atoms with Crippen LogP contribution in [0.5, 0.6) is 0 Å². The molecule has 1 saturated carbocycles. The average Bonchev–Trinajstić information content (AvgIpc) is 3.12. The van der Waals surface area contributed by atoms with Crippen LogP contribution in [-0.2, 0) is 11.2 Å². The van der Waals surface area contributed by atoms with Crippen LogP contribution in [-0.4, -0.2) is 38.5 Å². The Morgan fingerprint density at radius 1 is 1.12 bits per heavy atom. The van der Waals surface area contributed by atoms with Gasteiger partial charge in [-0.15, -0.1) is 24.0 Å². The summed E-state index contributed by atoms with van der Waals surface area (Å²) in [4.78, 5) is 16.2. The molecule has 146 valence electrons. The summed E-state index contributed by atoms with van der Waals surface area (Å²) in [5.74, 6) is 0.697. The van der Waals surface area contributed by atoms with E-state index in [1.165, 1.54) is 37.7 Å². The molecular formula is C20H33IN4O. The largest absolute Gasteiger partial charge is 0.356 e. The molecule has 1 aromatic carbocycles. The monoisotopic (exact) mass is 472 g/mol. The molecule has 3 N–H and O–H groups in total. The maximum Gasteiger partial charge on any atom is 0.239 e. The molecule has 0 radical (unpaired) electrons. The van der Waals surface area contributed by atoms with Crippen LogP contribution in [0.4, 0.5) is 0 Å². The standard InChI is InChI=1S/C20H32N4O.HI/c1-3-20(12-7-8-13-20)16-24-19(21-2)23-15-18(25)22-14-11-17-9-5-4-6-10-17;/h4-6,9-10H,3,7-8,11-16H2,1-2H3,(H,22,25)(H2,21,23,24);1H. The Hall–Kier alpha value is -1.31. The zero-order valence-electron chi connectivity index (χ0n) is 16.0. The lowest BCUT2D eigenvalue weighted by Gasteiger charge is -2.28. The molecule has 1 fully saturated rings. The van der Waals surface area contributed by atoms with E-state index in [0.717, 1.165) is 13.0 Å². The van der Waals surface area contributed by atoms with Crippen molar-refractivity contribution in [3.05, 3.63) is 35.9 Å². The lowest BCUT2D eigenvalue weighted by molar-refractivity contribution is -0.119. The molecule has 0 saturated heterocycles. The fraction of sp³-hybridized carbons (Fsp3) is 0.600. The fourth-order valence-corrected chi connectivity index (χ4v) is 3.49. The van der Waals surface area contributed by atoms with Gasteiger partial charge in [-0.05, 0) is 36.7 Å². The van der Waals surface area contributed by atoms with Crippen molar-refractivity contribution in [2.24, 2.45) is 10.4 Å². The van der Waals surface area contributed by atoms with E-state index < -0.39 is 0 Å². The van der Waals surface area contributed by atoms with Gasteiger partial charge in [-0.1, -0.05) is 50.1 Å². The second-order valence-corrected chi connectivity index (χ2v) is 6.93. The molecular weight excluding hydrogens is 439 g/mol. The number of nitrogens with zero attached hydrogens (tertiary/aromatic N) is 1. The number of hydrogen-bond acceptors (Lipinski definition) is 2. The van der Waals surface area contributed by atoms with Crippen LogP contribution in [0.25, 0.3) is 0 Å². The Morgan fingerprint density at radius 2 is 1.81 bits per heavy atom. The Balaban J connectivity index is 0.00000338. The molecule has 0 unspecified atom stereocenters. The molecule has 0 atom stereocenters. The molecule has 2 rings (SSSR count). The highest BCUT2D eigenvalue weighted by Crippen LogP contribution is 2.40. The number of aliphatic imine (C=N–C) groups is 1. The molecule has 26 heavy (non-hydrogen) atoms. The summed E-state index contributed by atoms with van der Waals surface area (Å²) in [6.45, 7) is 4.09. The van der Waals surface area contributed by atoms with Crippen LogP contribution in [0.15, 0.2) is 35.3 Å². The third-order valence-corrected chi connectivity index (χ3v) is 5.26. The van der Waals surface area contributed by atoms with Crippen LogP contribution < -0.4 is 16.0 Å². The molecule has 1 aliphatic carbocycles. The van der Waals surface area contributed by atoms with Crippen molar-refractivity contribution in [3.63, 3.8) is 0 Å². The summed E-state index contributed by atoms with van der Waals surface area (Å²) >= 11 is 0. The number of halogens is 1. The molecule has 1 amide bonds. The predicted octanol–water partition coefficient (Wildman–Crippen LogP) is 3.10. The third-order valence-electron chi connectivity index (χ3n) is 5.26. The zero-order valence-corrected chi connectivity index (χ0v) is 18.3. The topological polar surface area (TPSA) is 65.5 Å². The summed E-state index contributed by atoms with van der Waals surface area (Å²) in [6, 6.07) is 10.2. The van der Waals surface area contributed by atoms with Crippen LogP contribution in [0, 0.1) is 5.41 Å². The van der Waals surface area contributed by atoms with Gasteiger partial charge < -0.3 is 16.0 Å². The lowest BCUT2D eigenvalue weighted by Crippen LogP contribution is -2.46. The summed E-state index contributed by atoms with van der Waals surface area (Å²) in [7, 11) is 1.75. The van der Waals surface area contributed by atoms with Gasteiger partial charge in [0.1, 0.15) is 0 Å². The molecule has 1 aliphatic rings. The first-order valence-electron chi connectivity index (χ1n) is 9.42. The van der Waals surface area contributed by atoms with E-state index in [1.54, 1.807) is 7.05 Å². The average molecular weight is 472 g/mol. The smallest absolute Gasteiger partial charge is 0.239 e. The number of nitrogens with one attached hydrogen (secondary N) is 3. The number of carbonyl (C=O) groups excluding carboxylic acids is 1. The van der Waals surface area contributed by atoms with Crippen LogP contribution in [0.2, 0.25) is 0 Å². The predicted molar refractivity (Wildman–Crippen MR) is 119 cm³/mol. The maximum atomic E-state index is 12.0. The molecule has 6 heteroatoms. The van der Waals surface area contributed by atoms with Gasteiger partial charge >= 0.3 is 0 Å². The first-order chi connectivity index (χ1) is 12.2. The fourth-order valence-electron chi connectivity index (χ4n) is 3.49. The first kappa shape index (κ1) is 22.7. The van der Waals surface area contributed by atoms with E-state index in [-0.39, 0.29) is 36.4 Å². The van der Waals surface area contributed by atoms with E-state index in [9.17, 15) is 4.79 Å². The number of benzene rings is 1. The van der Waals surface area contributed by atoms with Crippen molar-refractivity contribution in [2.45, 2.75) is 45.4 Å². The zero-order chi connectivity index (χ0) is 18.0. The van der Waals surface area contributed by atoms with Crippen molar-refractivity contribution in [1.82, 2.24) is 16.0 Å². The minimum Gasteiger partial charge on any atom is -0.356 e. The first-order valence-corrected chi connectivity index (χ1v) is 9.42. The minimum absolute atomic E-state index is 0. The number of carbonyl (C=O) groups is 1. The molecule has 0 bridgehead atoms. The molecule has 0 aromatic heterocycles. The lowest BCUT2D eigenvalue weighted by atomic mass is 9.83. The van der Waals surface area contributed by atoms with Gasteiger partial charge in [-0.2, -0.15) is 0 Å². The van der Waals surface area contributed by atoms with Crippen LogP contribution in [0.1, 0.15) is 44.6 Å². The second-order valence-electron chi connectivity index (χ2n) is 6.93. The van der Waals surface area contributed by atoms with Gasteiger partial charge in [0.15, 0.2) is 5.96 Å². The number of amides is 1. The van der Waals surface area contributed by atoms with E-state index in [4.69, 9.17) is 0 Å². The SMILES string of the molecule is CCC1(CNC(=NC)NCC(=O)NCCc2ccccc2)CCCC1.I. The summed E-state index contributed by atoms with van der Waals surface area (Å²) < 4.78 is 0. The van der Waals surface area contributed by atoms with Gasteiger partial charge in [0.25, 0.3) is 0 Å². The van der Waals surface area contributed by atoms with Gasteiger partial charge in [-0.3, -0.25) is 9.79 Å². The van der Waals surface area contributed by atoms with Crippen molar-refractivity contribution < 1.29 is 4.79 Å². The van der Waals surface area contributed by atoms with Gasteiger partial charge in [0.2, 0.25) is 5.91 Å². The number of guanidine groups is 1. The maximum absolute atomic E-state index is 12.0. The van der Waals surface area contributed by atoms with Crippen LogP contribution >= 0.6 is 24.0 Å². The van der Waals surface area contributed by atoms with Crippen molar-refractivity contribution in [1.29, 1.82) is 0 Å². The van der Waals surface area contributed by atoms with E-state index in [0.29, 0.717) is 17.9 Å². The summed E-state index contributed by atoms with van der Waals surface area (Å²) in [5, 5.41) is 9.45. The van der Waals surface area contributed by atoms with E-state index >= 15 is 0 Å². The molecule has 5 nitrogen and oxygen atoms in total. The molecule has 1 aromatic rings. The summed E-state index contributed by atoms with van der Waals surface area (Å²) in [6.07, 6.45) is 7.26. The van der Waals surface area contributed by atoms with E-state index in [2.05, 4.69) is 40.0 Å². The second kappa shape index (κ2) is 12.1. The van der Waals surface area contributed by atoms with Crippen molar-refractivity contribution >= 4 is 35.8 Å². The summed E-state index contributed by atoms with van der Waals surface area (Å²) in [5.41, 5.74) is 1.63. The number of hydrogen-bond donors (Lipinski definition) is 3. The highest BCUT2D eigenvalue weighted by molar-refractivity contribution is 14.0. The Labute approximate surface area is 174 Å². The van der Waals surface area contributed by atoms with Gasteiger partial charge in [0, 0.05) is 20.1 Å². The van der Waals surface area contributed by atoms with Gasteiger partial charge in [0.05, 0.1) is 6.54 Å². The highest BCUT2D eigenvalue weighted by Gasteiger charge is 2.31. The van der Waals surface area contributed by atoms with E-state index in [1.807, 2.05) is 18.2 Å². The van der Waals surface area contributed by atoms with Crippen LogP contribution in [0.3, 0.4) is 0 Å². The molecule has 0 heterocycles. The molecule has 0 aliphatic heterocycles. The molecule has 0 spiro atoms. The van der Waals surface area contributed by atoms with Gasteiger partial charge in [-0.25, -0.2) is 0 Å². The normalized spacial score (nSPS) is 15.8.